The number of fused-ring (bicyclic) bond motifs is 2. The molecule has 2 unspecified atom stereocenters. The number of carbonyl (C=O) groups excluding carboxylic acids is 1. The summed E-state index contributed by atoms with van der Waals surface area (Å²) in [4.78, 5) is 25.2. The lowest BCUT2D eigenvalue weighted by atomic mass is 10.1. The second-order valence-corrected chi connectivity index (χ2v) is 6.05. The molecule has 1 amide bonds. The number of ether oxygens (including phenoxy) is 1. The van der Waals surface area contributed by atoms with Gasteiger partial charge in [0.25, 0.3) is 5.91 Å². The van der Waals surface area contributed by atoms with Gasteiger partial charge in [0.05, 0.1) is 11.5 Å². The number of hydrogen-bond donors (Lipinski definition) is 1. The lowest BCUT2D eigenvalue weighted by Gasteiger charge is -2.24. The highest BCUT2D eigenvalue weighted by Gasteiger charge is 2.32. The highest BCUT2D eigenvalue weighted by molar-refractivity contribution is 5.95. The Morgan fingerprint density at radius 2 is 2.12 bits per heavy atom. The Morgan fingerprint density at radius 3 is 2.83 bits per heavy atom. The Morgan fingerprint density at radius 1 is 1.38 bits per heavy atom. The monoisotopic (exact) mass is 355 g/mol. The van der Waals surface area contributed by atoms with E-state index in [1.807, 2.05) is 0 Å². The number of nitro benzene ring substituents is 1. The number of nitrogens with zero attached hydrogens (tertiary/aromatic N) is 2. The third-order valence-corrected chi connectivity index (χ3v) is 4.51. The van der Waals surface area contributed by atoms with Gasteiger partial charge in [0.15, 0.2) is 5.75 Å². The Balaban J connectivity index is 0.00000208. The molecule has 2 fully saturated rings. The van der Waals surface area contributed by atoms with Gasteiger partial charge in [0.1, 0.15) is 0 Å². The van der Waals surface area contributed by atoms with Crippen molar-refractivity contribution in [3.63, 3.8) is 0 Å². The maximum atomic E-state index is 12.7. The van der Waals surface area contributed by atoms with Crippen molar-refractivity contribution in [3.05, 3.63) is 33.9 Å². The van der Waals surface area contributed by atoms with Crippen molar-refractivity contribution in [2.75, 3.05) is 19.7 Å². The van der Waals surface area contributed by atoms with Gasteiger partial charge in [-0.25, -0.2) is 0 Å². The van der Waals surface area contributed by atoms with Crippen LogP contribution in [0.1, 0.15) is 36.5 Å². The molecular weight excluding hydrogens is 334 g/mol. The summed E-state index contributed by atoms with van der Waals surface area (Å²) in [7, 11) is 0. The maximum absolute atomic E-state index is 12.7. The van der Waals surface area contributed by atoms with Crippen LogP contribution >= 0.6 is 12.4 Å². The molecule has 2 atom stereocenters. The van der Waals surface area contributed by atoms with Gasteiger partial charge in [0, 0.05) is 36.8 Å². The summed E-state index contributed by atoms with van der Waals surface area (Å²) in [5.41, 5.74) is 0.185. The van der Waals surface area contributed by atoms with Crippen LogP contribution in [0.5, 0.6) is 5.75 Å². The Hall–Kier alpha value is -1.86. The standard InChI is InChI=1S/C16H21N3O4.ClH/c1-2-23-15-6-3-11(9-14(15)19(21)22)16(20)18-8-7-12-4-5-13(10-18)17-12;/h3,6,9,12-13,17H,2,4-5,7-8,10H2,1H3;1H. The topological polar surface area (TPSA) is 84.7 Å². The predicted octanol–water partition coefficient (Wildman–Crippen LogP) is 2.38. The van der Waals surface area contributed by atoms with Crippen molar-refractivity contribution in [2.24, 2.45) is 0 Å². The lowest BCUT2D eigenvalue weighted by Crippen LogP contribution is -2.39. The predicted molar refractivity (Wildman–Crippen MR) is 92.0 cm³/mol. The molecule has 132 valence electrons. The second-order valence-electron chi connectivity index (χ2n) is 6.05. The van der Waals surface area contributed by atoms with E-state index in [0.717, 1.165) is 12.8 Å². The zero-order chi connectivity index (χ0) is 16.4. The van der Waals surface area contributed by atoms with Crippen LogP contribution in [0.2, 0.25) is 0 Å². The smallest absolute Gasteiger partial charge is 0.311 e. The molecule has 1 aromatic rings. The molecule has 24 heavy (non-hydrogen) atoms. The Kier molecular flexibility index (Phi) is 6.01. The first-order valence-electron chi connectivity index (χ1n) is 8.05. The fraction of sp³-hybridized carbons (Fsp3) is 0.562. The molecule has 8 heteroatoms. The normalized spacial score (nSPS) is 22.5. The summed E-state index contributed by atoms with van der Waals surface area (Å²) < 4.78 is 5.26. The summed E-state index contributed by atoms with van der Waals surface area (Å²) in [6, 6.07) is 5.27. The summed E-state index contributed by atoms with van der Waals surface area (Å²) in [6.07, 6.45) is 3.18. The summed E-state index contributed by atoms with van der Waals surface area (Å²) in [5, 5.41) is 14.7. The van der Waals surface area contributed by atoms with E-state index in [4.69, 9.17) is 4.74 Å². The average molecular weight is 356 g/mol. The quantitative estimate of drug-likeness (QED) is 0.662. The molecule has 0 spiro atoms. The summed E-state index contributed by atoms with van der Waals surface area (Å²) in [5.74, 6) is 0.0520. The number of nitrogens with one attached hydrogen (secondary N) is 1. The molecular formula is C16H22ClN3O4. The van der Waals surface area contributed by atoms with Crippen LogP contribution in [0.4, 0.5) is 5.69 Å². The molecule has 7 nitrogen and oxygen atoms in total. The zero-order valence-electron chi connectivity index (χ0n) is 13.6. The maximum Gasteiger partial charge on any atom is 0.311 e. The van der Waals surface area contributed by atoms with Gasteiger partial charge in [-0.05, 0) is 38.3 Å². The van der Waals surface area contributed by atoms with E-state index >= 15 is 0 Å². The molecule has 3 rings (SSSR count). The Bertz CT molecular complexity index is 625. The first-order chi connectivity index (χ1) is 11.1. The SMILES string of the molecule is CCOc1ccc(C(=O)N2CCC3CCC(C2)N3)cc1[N+](=O)[O-].Cl. The second kappa shape index (κ2) is 7.81. The molecule has 1 N–H and O–H groups in total. The van der Waals surface area contributed by atoms with E-state index in [-0.39, 0.29) is 29.8 Å². The van der Waals surface area contributed by atoms with Crippen LogP contribution in [0, 0.1) is 10.1 Å². The van der Waals surface area contributed by atoms with Crippen molar-refractivity contribution >= 4 is 24.0 Å². The molecule has 2 saturated heterocycles. The van der Waals surface area contributed by atoms with Gasteiger partial charge in [-0.1, -0.05) is 0 Å². The van der Waals surface area contributed by atoms with Crippen LogP contribution < -0.4 is 10.1 Å². The fourth-order valence-corrected chi connectivity index (χ4v) is 3.38. The molecule has 2 heterocycles. The van der Waals surface area contributed by atoms with Gasteiger partial charge < -0.3 is 15.0 Å². The van der Waals surface area contributed by atoms with Gasteiger partial charge >= 0.3 is 5.69 Å². The molecule has 2 aliphatic rings. The van der Waals surface area contributed by atoms with E-state index in [2.05, 4.69) is 5.32 Å². The molecule has 0 aromatic heterocycles. The zero-order valence-corrected chi connectivity index (χ0v) is 14.4. The van der Waals surface area contributed by atoms with Crippen molar-refractivity contribution in [1.82, 2.24) is 10.2 Å². The molecule has 1 aromatic carbocycles. The van der Waals surface area contributed by atoms with E-state index in [0.29, 0.717) is 37.3 Å². The summed E-state index contributed by atoms with van der Waals surface area (Å²) >= 11 is 0. The van der Waals surface area contributed by atoms with Gasteiger partial charge in [-0.3, -0.25) is 14.9 Å². The lowest BCUT2D eigenvalue weighted by molar-refractivity contribution is -0.385. The minimum atomic E-state index is -0.506. The van der Waals surface area contributed by atoms with E-state index in [1.165, 1.54) is 18.6 Å². The average Bonchev–Trinajstić information content (AvgIpc) is 2.86. The highest BCUT2D eigenvalue weighted by Crippen LogP contribution is 2.29. The minimum absolute atomic E-state index is 0. The first-order valence-corrected chi connectivity index (χ1v) is 8.05. The molecule has 2 bridgehead atoms. The van der Waals surface area contributed by atoms with Crippen LogP contribution in [0.25, 0.3) is 0 Å². The van der Waals surface area contributed by atoms with Crippen molar-refractivity contribution in [2.45, 2.75) is 38.3 Å². The molecule has 0 aliphatic carbocycles. The van der Waals surface area contributed by atoms with E-state index in [1.54, 1.807) is 17.9 Å². The van der Waals surface area contributed by atoms with E-state index in [9.17, 15) is 14.9 Å². The number of hydrogen-bond acceptors (Lipinski definition) is 5. The van der Waals surface area contributed by atoms with E-state index < -0.39 is 4.92 Å². The van der Waals surface area contributed by atoms with Crippen molar-refractivity contribution in [3.8, 4) is 5.75 Å². The number of benzene rings is 1. The molecule has 0 saturated carbocycles. The summed E-state index contributed by atoms with van der Waals surface area (Å²) in [6.45, 7) is 3.46. The number of carbonyl (C=O) groups is 1. The van der Waals surface area contributed by atoms with Gasteiger partial charge in [-0.2, -0.15) is 0 Å². The van der Waals surface area contributed by atoms with Crippen LogP contribution in [0.3, 0.4) is 0 Å². The van der Waals surface area contributed by atoms with Crippen molar-refractivity contribution in [1.29, 1.82) is 0 Å². The first kappa shape index (κ1) is 18.5. The highest BCUT2D eigenvalue weighted by atomic mass is 35.5. The largest absolute Gasteiger partial charge is 0.487 e. The number of nitro groups is 1. The third-order valence-electron chi connectivity index (χ3n) is 4.51. The fourth-order valence-electron chi connectivity index (χ4n) is 3.38. The number of amides is 1. The van der Waals surface area contributed by atoms with Crippen molar-refractivity contribution < 1.29 is 14.5 Å². The van der Waals surface area contributed by atoms with Gasteiger partial charge in [-0.15, -0.1) is 12.4 Å². The molecule has 2 aliphatic heterocycles. The van der Waals surface area contributed by atoms with Crippen LogP contribution in [0.15, 0.2) is 18.2 Å². The third kappa shape index (κ3) is 3.79. The number of rotatable bonds is 4. The van der Waals surface area contributed by atoms with Gasteiger partial charge in [0.2, 0.25) is 0 Å². The van der Waals surface area contributed by atoms with Crippen LogP contribution in [-0.2, 0) is 0 Å². The molecule has 0 radical (unpaired) electrons. The minimum Gasteiger partial charge on any atom is -0.487 e. The Labute approximate surface area is 146 Å². The number of likely N-dealkylation sites (tertiary alicyclic amines) is 1. The number of halogens is 1. The van der Waals surface area contributed by atoms with Crippen LogP contribution in [-0.4, -0.2) is 47.5 Å².